The molecule has 1 atom stereocenters. The molecular formula is C18H29NO3. The quantitative estimate of drug-likeness (QED) is 0.816. The van der Waals surface area contributed by atoms with E-state index in [1.807, 2.05) is 39.0 Å². The van der Waals surface area contributed by atoms with Crippen molar-refractivity contribution in [1.82, 2.24) is 5.32 Å². The number of methoxy groups -OCH3 is 1. The van der Waals surface area contributed by atoms with Gasteiger partial charge in [0.1, 0.15) is 11.4 Å². The van der Waals surface area contributed by atoms with E-state index in [9.17, 15) is 4.79 Å². The van der Waals surface area contributed by atoms with Crippen LogP contribution in [0.15, 0.2) is 24.3 Å². The van der Waals surface area contributed by atoms with Gasteiger partial charge >= 0.3 is 6.09 Å². The second-order valence-corrected chi connectivity index (χ2v) is 6.54. The maximum atomic E-state index is 12.0. The number of unbranched alkanes of at least 4 members (excludes halogenated alkanes) is 1. The van der Waals surface area contributed by atoms with Gasteiger partial charge in [0.05, 0.1) is 7.11 Å². The number of ether oxygens (including phenoxy) is 2. The Morgan fingerprint density at radius 3 is 2.64 bits per heavy atom. The van der Waals surface area contributed by atoms with Crippen molar-refractivity contribution in [2.24, 2.45) is 0 Å². The Morgan fingerprint density at radius 1 is 1.32 bits per heavy atom. The van der Waals surface area contributed by atoms with E-state index in [1.165, 1.54) is 0 Å². The summed E-state index contributed by atoms with van der Waals surface area (Å²) in [7, 11) is 1.66. The number of hydrogen-bond donors (Lipinski definition) is 1. The lowest BCUT2D eigenvalue weighted by molar-refractivity contribution is 0.0501. The van der Waals surface area contributed by atoms with Gasteiger partial charge in [0.2, 0.25) is 0 Å². The lowest BCUT2D eigenvalue weighted by Gasteiger charge is -2.24. The van der Waals surface area contributed by atoms with Gasteiger partial charge in [-0.3, -0.25) is 0 Å². The standard InChI is InChI=1S/C18H29NO3/c1-6-7-10-15(19-17(20)22-18(2,3)4)12-14-9-8-11-16(13-14)21-5/h8-9,11,13,15H,6-7,10,12H2,1-5H3,(H,19,20). The minimum absolute atomic E-state index is 0.0712. The molecule has 22 heavy (non-hydrogen) atoms. The van der Waals surface area contributed by atoms with E-state index < -0.39 is 5.60 Å². The van der Waals surface area contributed by atoms with Crippen LogP contribution in [0.5, 0.6) is 5.75 Å². The van der Waals surface area contributed by atoms with Gasteiger partial charge in [0, 0.05) is 6.04 Å². The minimum atomic E-state index is -0.477. The molecule has 1 amide bonds. The second kappa shape index (κ2) is 8.66. The fourth-order valence-corrected chi connectivity index (χ4v) is 2.23. The van der Waals surface area contributed by atoms with E-state index in [4.69, 9.17) is 9.47 Å². The van der Waals surface area contributed by atoms with Crippen LogP contribution in [0.3, 0.4) is 0 Å². The van der Waals surface area contributed by atoms with Crippen molar-refractivity contribution in [2.75, 3.05) is 7.11 Å². The van der Waals surface area contributed by atoms with Crippen LogP contribution in [-0.4, -0.2) is 24.8 Å². The molecule has 4 heteroatoms. The van der Waals surface area contributed by atoms with Crippen molar-refractivity contribution in [2.45, 2.75) is 65.0 Å². The van der Waals surface area contributed by atoms with Crippen molar-refractivity contribution in [3.8, 4) is 5.75 Å². The van der Waals surface area contributed by atoms with Crippen molar-refractivity contribution in [1.29, 1.82) is 0 Å². The Hall–Kier alpha value is -1.71. The average molecular weight is 307 g/mol. The molecule has 1 N–H and O–H groups in total. The Bertz CT molecular complexity index is 466. The van der Waals surface area contributed by atoms with Crippen LogP contribution < -0.4 is 10.1 Å². The highest BCUT2D eigenvalue weighted by molar-refractivity contribution is 5.68. The summed E-state index contributed by atoms with van der Waals surface area (Å²) in [5.74, 6) is 0.837. The average Bonchev–Trinajstić information content (AvgIpc) is 2.43. The van der Waals surface area contributed by atoms with Crippen LogP contribution in [0.2, 0.25) is 0 Å². The van der Waals surface area contributed by atoms with Crippen molar-refractivity contribution >= 4 is 6.09 Å². The van der Waals surface area contributed by atoms with Gasteiger partial charge < -0.3 is 14.8 Å². The first-order chi connectivity index (χ1) is 10.3. The predicted molar refractivity (Wildman–Crippen MR) is 89.4 cm³/mol. The summed E-state index contributed by atoms with van der Waals surface area (Å²) in [5.41, 5.74) is 0.673. The number of hydrogen-bond acceptors (Lipinski definition) is 3. The third-order valence-corrected chi connectivity index (χ3v) is 3.24. The molecule has 0 aromatic heterocycles. The molecule has 0 saturated heterocycles. The van der Waals surface area contributed by atoms with E-state index in [1.54, 1.807) is 7.11 Å². The smallest absolute Gasteiger partial charge is 0.407 e. The molecule has 0 aliphatic rings. The molecule has 1 unspecified atom stereocenters. The molecule has 1 aromatic rings. The number of nitrogens with one attached hydrogen (secondary N) is 1. The Balaban J connectivity index is 2.68. The fourth-order valence-electron chi connectivity index (χ4n) is 2.23. The summed E-state index contributed by atoms with van der Waals surface area (Å²) in [6.07, 6.45) is 3.54. The largest absolute Gasteiger partial charge is 0.497 e. The summed E-state index contributed by atoms with van der Waals surface area (Å²) < 4.78 is 10.6. The highest BCUT2D eigenvalue weighted by Crippen LogP contribution is 2.16. The molecule has 124 valence electrons. The zero-order valence-electron chi connectivity index (χ0n) is 14.4. The minimum Gasteiger partial charge on any atom is -0.497 e. The first kappa shape index (κ1) is 18.3. The van der Waals surface area contributed by atoms with Gasteiger partial charge in [-0.15, -0.1) is 0 Å². The normalized spacial score (nSPS) is 12.6. The molecule has 0 saturated carbocycles. The molecule has 1 aromatic carbocycles. The van der Waals surface area contributed by atoms with Crippen molar-refractivity contribution in [3.63, 3.8) is 0 Å². The second-order valence-electron chi connectivity index (χ2n) is 6.54. The van der Waals surface area contributed by atoms with Gasteiger partial charge in [-0.25, -0.2) is 4.79 Å². The van der Waals surface area contributed by atoms with Crippen LogP contribution >= 0.6 is 0 Å². The molecule has 0 aliphatic heterocycles. The van der Waals surface area contributed by atoms with Gasteiger partial charge in [-0.1, -0.05) is 31.9 Å². The molecule has 0 heterocycles. The molecule has 4 nitrogen and oxygen atoms in total. The van der Waals surface area contributed by atoms with E-state index in [0.717, 1.165) is 37.0 Å². The molecule has 0 bridgehead atoms. The maximum Gasteiger partial charge on any atom is 0.407 e. The number of benzene rings is 1. The third kappa shape index (κ3) is 7.34. The molecule has 0 radical (unpaired) electrons. The van der Waals surface area contributed by atoms with E-state index in [-0.39, 0.29) is 12.1 Å². The van der Waals surface area contributed by atoms with E-state index >= 15 is 0 Å². The summed E-state index contributed by atoms with van der Waals surface area (Å²) in [5, 5.41) is 2.99. The van der Waals surface area contributed by atoms with Crippen molar-refractivity contribution < 1.29 is 14.3 Å². The third-order valence-electron chi connectivity index (χ3n) is 3.24. The Morgan fingerprint density at radius 2 is 2.05 bits per heavy atom. The Kier molecular flexibility index (Phi) is 7.22. The summed E-state index contributed by atoms with van der Waals surface area (Å²) >= 11 is 0. The van der Waals surface area contributed by atoms with Crippen LogP contribution in [0, 0.1) is 0 Å². The zero-order chi connectivity index (χ0) is 16.6. The van der Waals surface area contributed by atoms with E-state index in [0.29, 0.717) is 0 Å². The zero-order valence-corrected chi connectivity index (χ0v) is 14.4. The van der Waals surface area contributed by atoms with Crippen molar-refractivity contribution in [3.05, 3.63) is 29.8 Å². The first-order valence-electron chi connectivity index (χ1n) is 7.96. The Labute approximate surface area is 134 Å². The molecular weight excluding hydrogens is 278 g/mol. The highest BCUT2D eigenvalue weighted by atomic mass is 16.6. The number of carbonyl (C=O) groups excluding carboxylic acids is 1. The predicted octanol–water partition coefficient (Wildman–Crippen LogP) is 4.32. The summed E-state index contributed by atoms with van der Waals surface area (Å²) in [6, 6.07) is 8.03. The van der Waals surface area contributed by atoms with Gasteiger partial charge in [0.15, 0.2) is 0 Å². The molecule has 1 rings (SSSR count). The monoisotopic (exact) mass is 307 g/mol. The maximum absolute atomic E-state index is 12.0. The summed E-state index contributed by atoms with van der Waals surface area (Å²) in [4.78, 5) is 12.0. The topological polar surface area (TPSA) is 47.6 Å². The van der Waals surface area contributed by atoms with E-state index in [2.05, 4.69) is 18.3 Å². The van der Waals surface area contributed by atoms with Crippen LogP contribution in [-0.2, 0) is 11.2 Å². The van der Waals surface area contributed by atoms with Gasteiger partial charge in [-0.05, 0) is 51.3 Å². The lowest BCUT2D eigenvalue weighted by Crippen LogP contribution is -2.40. The first-order valence-corrected chi connectivity index (χ1v) is 7.96. The van der Waals surface area contributed by atoms with Crippen LogP contribution in [0.1, 0.15) is 52.5 Å². The van der Waals surface area contributed by atoms with Crippen LogP contribution in [0.4, 0.5) is 4.79 Å². The summed E-state index contributed by atoms with van der Waals surface area (Å²) in [6.45, 7) is 7.76. The van der Waals surface area contributed by atoms with Gasteiger partial charge in [-0.2, -0.15) is 0 Å². The fraction of sp³-hybridized carbons (Fsp3) is 0.611. The highest BCUT2D eigenvalue weighted by Gasteiger charge is 2.19. The lowest BCUT2D eigenvalue weighted by atomic mass is 10.0. The molecule has 0 fully saturated rings. The molecule has 0 spiro atoms. The number of amides is 1. The number of carbonyl (C=O) groups is 1. The SMILES string of the molecule is CCCCC(Cc1cccc(OC)c1)NC(=O)OC(C)(C)C. The molecule has 0 aliphatic carbocycles. The van der Waals surface area contributed by atoms with Gasteiger partial charge in [0.25, 0.3) is 0 Å². The number of alkyl carbamates (subject to hydrolysis) is 1. The van der Waals surface area contributed by atoms with Crippen LogP contribution in [0.25, 0.3) is 0 Å². The number of rotatable bonds is 7.